The molecule has 1 fully saturated rings. The highest BCUT2D eigenvalue weighted by molar-refractivity contribution is 5.46. The molecule has 1 aromatic rings. The van der Waals surface area contributed by atoms with Gasteiger partial charge in [0.25, 0.3) is 0 Å². The standard InChI is InChI=1S/C12H14F3NO/c13-12(14,15)11-9-16(7-4-8-17-11)10-5-2-1-3-6-10/h1-3,5-6,11H,4,7-9H2/t11-/m1/s1. The van der Waals surface area contributed by atoms with Gasteiger partial charge in [0.15, 0.2) is 6.10 Å². The molecule has 2 nitrogen and oxygen atoms in total. The van der Waals surface area contributed by atoms with E-state index in [2.05, 4.69) is 0 Å². The monoisotopic (exact) mass is 245 g/mol. The van der Waals surface area contributed by atoms with Crippen LogP contribution in [-0.4, -0.2) is 32.0 Å². The summed E-state index contributed by atoms with van der Waals surface area (Å²) < 4.78 is 42.8. The Bertz CT molecular complexity index is 353. The van der Waals surface area contributed by atoms with Crippen molar-refractivity contribution in [3.05, 3.63) is 30.3 Å². The first kappa shape index (κ1) is 12.2. The van der Waals surface area contributed by atoms with E-state index >= 15 is 0 Å². The number of hydrogen-bond acceptors (Lipinski definition) is 2. The minimum Gasteiger partial charge on any atom is -0.368 e. The maximum absolute atomic E-state index is 12.7. The van der Waals surface area contributed by atoms with Gasteiger partial charge in [-0.1, -0.05) is 18.2 Å². The van der Waals surface area contributed by atoms with Gasteiger partial charge >= 0.3 is 6.18 Å². The van der Waals surface area contributed by atoms with E-state index in [4.69, 9.17) is 4.74 Å². The molecule has 0 spiro atoms. The first-order valence-electron chi connectivity index (χ1n) is 5.55. The molecule has 94 valence electrons. The predicted molar refractivity (Wildman–Crippen MR) is 59.1 cm³/mol. The van der Waals surface area contributed by atoms with Gasteiger partial charge in [-0.2, -0.15) is 13.2 Å². The van der Waals surface area contributed by atoms with Crippen molar-refractivity contribution in [2.24, 2.45) is 0 Å². The molecule has 5 heteroatoms. The summed E-state index contributed by atoms with van der Waals surface area (Å²) in [5, 5.41) is 0. The van der Waals surface area contributed by atoms with Gasteiger partial charge in [-0.25, -0.2) is 0 Å². The fraction of sp³-hybridized carbons (Fsp3) is 0.500. The zero-order chi connectivity index (χ0) is 12.3. The second kappa shape index (κ2) is 4.96. The zero-order valence-electron chi connectivity index (χ0n) is 9.28. The third-order valence-corrected chi connectivity index (χ3v) is 2.76. The van der Waals surface area contributed by atoms with Crippen molar-refractivity contribution in [2.75, 3.05) is 24.6 Å². The molecule has 0 saturated carbocycles. The summed E-state index contributed by atoms with van der Waals surface area (Å²) in [5.41, 5.74) is 0.812. The van der Waals surface area contributed by atoms with Crippen molar-refractivity contribution in [1.29, 1.82) is 0 Å². The molecule has 1 aliphatic heterocycles. The normalized spacial score (nSPS) is 22.3. The lowest BCUT2D eigenvalue weighted by Crippen LogP contribution is -2.41. The number of rotatable bonds is 1. The zero-order valence-corrected chi connectivity index (χ0v) is 9.28. The maximum atomic E-state index is 12.7. The highest BCUT2D eigenvalue weighted by atomic mass is 19.4. The fourth-order valence-electron chi connectivity index (χ4n) is 1.90. The van der Waals surface area contributed by atoms with Crippen LogP contribution in [0.15, 0.2) is 30.3 Å². The van der Waals surface area contributed by atoms with Gasteiger partial charge in [0.05, 0.1) is 6.54 Å². The van der Waals surface area contributed by atoms with Crippen LogP contribution in [0.1, 0.15) is 6.42 Å². The Balaban J connectivity index is 2.13. The highest BCUT2D eigenvalue weighted by Gasteiger charge is 2.42. The Labute approximate surface area is 98.0 Å². The van der Waals surface area contributed by atoms with Crippen LogP contribution in [-0.2, 0) is 4.74 Å². The molecule has 0 amide bonds. The SMILES string of the molecule is FC(F)(F)[C@H]1CN(c2ccccc2)CCCO1. The van der Waals surface area contributed by atoms with Gasteiger partial charge in [0.2, 0.25) is 0 Å². The molecule has 0 N–H and O–H groups in total. The average Bonchev–Trinajstić information content (AvgIpc) is 2.55. The molecule has 1 saturated heterocycles. The Hall–Kier alpha value is -1.23. The van der Waals surface area contributed by atoms with Crippen LogP contribution < -0.4 is 4.90 Å². The fourth-order valence-corrected chi connectivity index (χ4v) is 1.90. The van der Waals surface area contributed by atoms with Crippen LogP contribution in [0.2, 0.25) is 0 Å². The molecule has 2 rings (SSSR count). The van der Waals surface area contributed by atoms with Crippen LogP contribution >= 0.6 is 0 Å². The summed E-state index contributed by atoms with van der Waals surface area (Å²) >= 11 is 0. The summed E-state index contributed by atoms with van der Waals surface area (Å²) in [7, 11) is 0. The lowest BCUT2D eigenvalue weighted by Gasteiger charge is -2.26. The number of alkyl halides is 3. The van der Waals surface area contributed by atoms with Crippen molar-refractivity contribution >= 4 is 5.69 Å². The molecule has 1 aromatic carbocycles. The quantitative estimate of drug-likeness (QED) is 0.754. The van der Waals surface area contributed by atoms with Gasteiger partial charge in [0.1, 0.15) is 0 Å². The first-order chi connectivity index (χ1) is 8.07. The Morgan fingerprint density at radius 2 is 1.88 bits per heavy atom. The molecule has 1 aliphatic rings. The molecule has 0 radical (unpaired) electrons. The number of anilines is 1. The van der Waals surface area contributed by atoms with E-state index in [1.807, 2.05) is 30.3 Å². The van der Waals surface area contributed by atoms with Gasteiger partial charge < -0.3 is 9.64 Å². The third-order valence-electron chi connectivity index (χ3n) is 2.76. The maximum Gasteiger partial charge on any atom is 0.416 e. The van der Waals surface area contributed by atoms with E-state index < -0.39 is 12.3 Å². The van der Waals surface area contributed by atoms with Gasteiger partial charge in [-0.05, 0) is 18.6 Å². The van der Waals surface area contributed by atoms with E-state index in [9.17, 15) is 13.2 Å². The Morgan fingerprint density at radius 1 is 1.18 bits per heavy atom. The summed E-state index contributed by atoms with van der Waals surface area (Å²) in [6, 6.07) is 9.13. The Kier molecular flexibility index (Phi) is 3.57. The number of para-hydroxylation sites is 1. The summed E-state index contributed by atoms with van der Waals surface area (Å²) in [4.78, 5) is 1.73. The van der Waals surface area contributed by atoms with Crippen LogP contribution in [0, 0.1) is 0 Å². The summed E-state index contributed by atoms with van der Waals surface area (Å²) in [6.07, 6.45) is -5.37. The number of halogens is 3. The number of hydrogen-bond donors (Lipinski definition) is 0. The summed E-state index contributed by atoms with van der Waals surface area (Å²) in [5.74, 6) is 0. The molecular weight excluding hydrogens is 231 g/mol. The van der Waals surface area contributed by atoms with E-state index in [-0.39, 0.29) is 13.2 Å². The lowest BCUT2D eigenvalue weighted by molar-refractivity contribution is -0.214. The van der Waals surface area contributed by atoms with Crippen molar-refractivity contribution in [1.82, 2.24) is 0 Å². The van der Waals surface area contributed by atoms with E-state index in [1.54, 1.807) is 4.90 Å². The van der Waals surface area contributed by atoms with Gasteiger partial charge in [0, 0.05) is 18.8 Å². The molecule has 0 aromatic heterocycles. The number of ether oxygens (including phenoxy) is 1. The molecular formula is C12H14F3NO. The third kappa shape index (κ3) is 3.12. The smallest absolute Gasteiger partial charge is 0.368 e. The lowest BCUT2D eigenvalue weighted by atomic mass is 10.2. The molecule has 17 heavy (non-hydrogen) atoms. The minimum absolute atomic E-state index is 0.131. The average molecular weight is 245 g/mol. The van der Waals surface area contributed by atoms with Crippen LogP contribution in [0.5, 0.6) is 0 Å². The minimum atomic E-state index is -4.29. The second-order valence-electron chi connectivity index (χ2n) is 4.04. The van der Waals surface area contributed by atoms with Crippen molar-refractivity contribution in [3.63, 3.8) is 0 Å². The van der Waals surface area contributed by atoms with Crippen LogP contribution in [0.4, 0.5) is 18.9 Å². The number of benzene rings is 1. The highest BCUT2D eigenvalue weighted by Crippen LogP contribution is 2.27. The van der Waals surface area contributed by atoms with Crippen LogP contribution in [0.25, 0.3) is 0 Å². The van der Waals surface area contributed by atoms with E-state index in [1.165, 1.54) is 0 Å². The predicted octanol–water partition coefficient (Wildman–Crippen LogP) is 2.84. The molecule has 1 heterocycles. The van der Waals surface area contributed by atoms with Crippen LogP contribution in [0.3, 0.4) is 0 Å². The first-order valence-corrected chi connectivity index (χ1v) is 5.55. The van der Waals surface area contributed by atoms with Crippen molar-refractivity contribution < 1.29 is 17.9 Å². The molecule has 1 atom stereocenters. The summed E-state index contributed by atoms with van der Waals surface area (Å²) in [6.45, 7) is 0.623. The number of nitrogens with zero attached hydrogens (tertiary/aromatic N) is 1. The van der Waals surface area contributed by atoms with E-state index in [0.717, 1.165) is 5.69 Å². The molecule has 0 bridgehead atoms. The largest absolute Gasteiger partial charge is 0.416 e. The second-order valence-corrected chi connectivity index (χ2v) is 4.04. The topological polar surface area (TPSA) is 12.5 Å². The molecule has 0 unspecified atom stereocenters. The molecule has 0 aliphatic carbocycles. The van der Waals surface area contributed by atoms with Gasteiger partial charge in [-0.15, -0.1) is 0 Å². The van der Waals surface area contributed by atoms with Gasteiger partial charge in [-0.3, -0.25) is 0 Å². The Morgan fingerprint density at radius 3 is 2.53 bits per heavy atom. The van der Waals surface area contributed by atoms with E-state index in [0.29, 0.717) is 13.0 Å². The van der Waals surface area contributed by atoms with Crippen molar-refractivity contribution in [3.8, 4) is 0 Å². The van der Waals surface area contributed by atoms with Crippen molar-refractivity contribution in [2.45, 2.75) is 18.7 Å².